The van der Waals surface area contributed by atoms with Crippen LogP contribution >= 0.6 is 15.9 Å². The predicted molar refractivity (Wildman–Crippen MR) is 84.1 cm³/mol. The lowest BCUT2D eigenvalue weighted by Crippen LogP contribution is -2.36. The summed E-state index contributed by atoms with van der Waals surface area (Å²) in [5.41, 5.74) is 3.43. The summed E-state index contributed by atoms with van der Waals surface area (Å²) in [5.74, 6) is 0.538. The average Bonchev–Trinajstić information content (AvgIpc) is 2.75. The van der Waals surface area contributed by atoms with E-state index in [-0.39, 0.29) is 16.0 Å². The SMILES string of the molecule is CCCCC12CC(=O)C=C1c1ccc(O)cc1CC2Br. The molecule has 2 aliphatic rings. The third-order valence-corrected chi connectivity index (χ3v) is 5.89. The molecule has 106 valence electrons. The molecule has 2 aliphatic carbocycles. The van der Waals surface area contributed by atoms with Crippen molar-refractivity contribution >= 4 is 27.3 Å². The van der Waals surface area contributed by atoms with Crippen LogP contribution in [0.15, 0.2) is 24.3 Å². The minimum Gasteiger partial charge on any atom is -0.508 e. The lowest BCUT2D eigenvalue weighted by molar-refractivity contribution is -0.115. The van der Waals surface area contributed by atoms with Gasteiger partial charge in [0.15, 0.2) is 5.78 Å². The van der Waals surface area contributed by atoms with E-state index >= 15 is 0 Å². The predicted octanol–water partition coefficient (Wildman–Crippen LogP) is 4.24. The standard InChI is InChI=1S/C17H19BrO2/c1-2-3-6-17-10-13(20)9-15(17)14-5-4-12(19)7-11(14)8-16(17)18/h4-5,7,9,16,19H,2-3,6,8,10H2,1H3. The number of hydrogen-bond acceptors (Lipinski definition) is 2. The number of alkyl halides is 1. The summed E-state index contributed by atoms with van der Waals surface area (Å²) in [6.45, 7) is 2.19. The van der Waals surface area contributed by atoms with E-state index in [1.807, 2.05) is 18.2 Å². The summed E-state index contributed by atoms with van der Waals surface area (Å²) in [6.07, 6.45) is 6.67. The van der Waals surface area contributed by atoms with E-state index in [4.69, 9.17) is 0 Å². The van der Waals surface area contributed by atoms with Crippen LogP contribution in [0.2, 0.25) is 0 Å². The van der Waals surface area contributed by atoms with Crippen LogP contribution < -0.4 is 0 Å². The molecule has 3 rings (SSSR count). The Morgan fingerprint density at radius 2 is 2.25 bits per heavy atom. The maximum Gasteiger partial charge on any atom is 0.156 e. The minimum absolute atomic E-state index is 0.0446. The van der Waals surface area contributed by atoms with Crippen molar-refractivity contribution in [2.45, 2.75) is 43.9 Å². The van der Waals surface area contributed by atoms with Crippen LogP contribution in [-0.4, -0.2) is 15.7 Å². The van der Waals surface area contributed by atoms with Gasteiger partial charge < -0.3 is 5.11 Å². The first kappa shape index (κ1) is 13.9. The number of aromatic hydroxyl groups is 1. The van der Waals surface area contributed by atoms with Gasteiger partial charge in [0.1, 0.15) is 5.75 Å². The van der Waals surface area contributed by atoms with Crippen LogP contribution in [0.1, 0.15) is 43.7 Å². The number of allylic oxidation sites excluding steroid dienone is 2. The minimum atomic E-state index is -0.0446. The van der Waals surface area contributed by atoms with E-state index in [1.165, 1.54) is 5.57 Å². The molecule has 0 aromatic heterocycles. The molecule has 0 spiro atoms. The van der Waals surface area contributed by atoms with Crippen molar-refractivity contribution in [2.75, 3.05) is 0 Å². The highest BCUT2D eigenvalue weighted by Crippen LogP contribution is 2.56. The third-order valence-electron chi connectivity index (χ3n) is 4.69. The first-order chi connectivity index (χ1) is 9.56. The van der Waals surface area contributed by atoms with Gasteiger partial charge in [-0.25, -0.2) is 0 Å². The van der Waals surface area contributed by atoms with E-state index in [0.29, 0.717) is 12.2 Å². The summed E-state index contributed by atoms with van der Waals surface area (Å²) in [7, 11) is 0. The number of hydrogen-bond donors (Lipinski definition) is 1. The van der Waals surface area contributed by atoms with Crippen LogP contribution in [0, 0.1) is 5.41 Å². The zero-order valence-electron chi connectivity index (χ0n) is 11.7. The Bertz CT molecular complexity index is 591. The van der Waals surface area contributed by atoms with Gasteiger partial charge in [-0.2, -0.15) is 0 Å². The van der Waals surface area contributed by atoms with E-state index in [0.717, 1.165) is 36.8 Å². The molecule has 0 saturated carbocycles. The molecule has 0 fully saturated rings. The van der Waals surface area contributed by atoms with Crippen molar-refractivity contribution in [1.82, 2.24) is 0 Å². The number of carbonyl (C=O) groups is 1. The van der Waals surface area contributed by atoms with Gasteiger partial charge in [-0.1, -0.05) is 41.8 Å². The van der Waals surface area contributed by atoms with E-state index in [2.05, 4.69) is 22.9 Å². The van der Waals surface area contributed by atoms with Crippen LogP contribution in [0.25, 0.3) is 5.57 Å². The number of halogens is 1. The van der Waals surface area contributed by atoms with Gasteiger partial charge in [0.05, 0.1) is 0 Å². The molecule has 0 saturated heterocycles. The van der Waals surface area contributed by atoms with Crippen LogP contribution in [0.3, 0.4) is 0 Å². The third kappa shape index (κ3) is 2.03. The summed E-state index contributed by atoms with van der Waals surface area (Å²) >= 11 is 3.83. The molecule has 0 bridgehead atoms. The fourth-order valence-electron chi connectivity index (χ4n) is 3.66. The number of fused-ring (bicyclic) bond motifs is 3. The van der Waals surface area contributed by atoms with Crippen molar-refractivity contribution in [3.05, 3.63) is 35.4 Å². The van der Waals surface area contributed by atoms with Crippen molar-refractivity contribution in [3.8, 4) is 5.75 Å². The lowest BCUT2D eigenvalue weighted by atomic mass is 9.66. The maximum atomic E-state index is 12.1. The van der Waals surface area contributed by atoms with Crippen molar-refractivity contribution < 1.29 is 9.90 Å². The van der Waals surface area contributed by atoms with Gasteiger partial charge in [-0.3, -0.25) is 4.79 Å². The number of phenolic OH excluding ortho intramolecular Hbond substituents is 1. The van der Waals surface area contributed by atoms with Gasteiger partial charge in [0.2, 0.25) is 0 Å². The average molecular weight is 335 g/mol. The number of unbranched alkanes of at least 4 members (excludes halogenated alkanes) is 1. The first-order valence-electron chi connectivity index (χ1n) is 7.28. The highest BCUT2D eigenvalue weighted by atomic mass is 79.9. The molecule has 2 nitrogen and oxygen atoms in total. The molecule has 1 aromatic rings. The maximum absolute atomic E-state index is 12.1. The molecule has 0 radical (unpaired) electrons. The molecule has 20 heavy (non-hydrogen) atoms. The molecular weight excluding hydrogens is 316 g/mol. The molecule has 0 heterocycles. The van der Waals surface area contributed by atoms with E-state index in [1.54, 1.807) is 6.07 Å². The molecule has 2 unspecified atom stereocenters. The van der Waals surface area contributed by atoms with Gasteiger partial charge in [0.25, 0.3) is 0 Å². The fraction of sp³-hybridized carbons (Fsp3) is 0.471. The number of phenols is 1. The Labute approximate surface area is 128 Å². The summed E-state index contributed by atoms with van der Waals surface area (Å²) in [6, 6.07) is 5.52. The molecule has 1 N–H and O–H groups in total. The van der Waals surface area contributed by atoms with Crippen molar-refractivity contribution in [1.29, 1.82) is 0 Å². The fourth-order valence-corrected chi connectivity index (χ4v) is 4.65. The summed E-state index contributed by atoms with van der Waals surface area (Å²) in [4.78, 5) is 12.3. The zero-order valence-corrected chi connectivity index (χ0v) is 13.2. The second kappa shape index (κ2) is 5.03. The van der Waals surface area contributed by atoms with Gasteiger partial charge in [-0.05, 0) is 47.8 Å². The number of carbonyl (C=O) groups excluding carboxylic acids is 1. The second-order valence-corrected chi connectivity index (χ2v) is 7.08. The van der Waals surface area contributed by atoms with Crippen LogP contribution in [0.5, 0.6) is 5.75 Å². The Morgan fingerprint density at radius 3 is 3.00 bits per heavy atom. The van der Waals surface area contributed by atoms with Crippen molar-refractivity contribution in [3.63, 3.8) is 0 Å². The normalized spacial score (nSPS) is 28.0. The highest BCUT2D eigenvalue weighted by Gasteiger charge is 2.49. The Kier molecular flexibility index (Phi) is 3.49. The van der Waals surface area contributed by atoms with E-state index in [9.17, 15) is 9.90 Å². The summed E-state index contributed by atoms with van der Waals surface area (Å²) in [5, 5.41) is 9.67. The monoisotopic (exact) mass is 334 g/mol. The van der Waals surface area contributed by atoms with Gasteiger partial charge in [0, 0.05) is 16.7 Å². The zero-order chi connectivity index (χ0) is 14.3. The Morgan fingerprint density at radius 1 is 1.45 bits per heavy atom. The Hall–Kier alpha value is -1.09. The molecular formula is C17H19BrO2. The molecule has 3 heteroatoms. The number of benzene rings is 1. The Balaban J connectivity index is 2.11. The summed E-state index contributed by atoms with van der Waals surface area (Å²) < 4.78 is 0. The van der Waals surface area contributed by atoms with E-state index < -0.39 is 0 Å². The van der Waals surface area contributed by atoms with Crippen LogP contribution in [-0.2, 0) is 11.2 Å². The number of rotatable bonds is 3. The molecule has 0 amide bonds. The van der Waals surface area contributed by atoms with Gasteiger partial charge >= 0.3 is 0 Å². The van der Waals surface area contributed by atoms with Crippen LogP contribution in [0.4, 0.5) is 0 Å². The lowest BCUT2D eigenvalue weighted by Gasteiger charge is -2.41. The largest absolute Gasteiger partial charge is 0.508 e. The second-order valence-electron chi connectivity index (χ2n) is 5.97. The van der Waals surface area contributed by atoms with Crippen molar-refractivity contribution in [2.24, 2.45) is 5.41 Å². The quantitative estimate of drug-likeness (QED) is 0.839. The number of ketones is 1. The first-order valence-corrected chi connectivity index (χ1v) is 8.20. The highest BCUT2D eigenvalue weighted by molar-refractivity contribution is 9.09. The topological polar surface area (TPSA) is 37.3 Å². The smallest absolute Gasteiger partial charge is 0.156 e. The molecule has 1 aromatic carbocycles. The molecule has 2 atom stereocenters. The van der Waals surface area contributed by atoms with Gasteiger partial charge in [-0.15, -0.1) is 0 Å². The molecule has 0 aliphatic heterocycles.